The maximum atomic E-state index is 14.8. The van der Waals surface area contributed by atoms with Gasteiger partial charge >= 0.3 is 29.8 Å². The summed E-state index contributed by atoms with van der Waals surface area (Å²) in [6, 6.07) is -20.6. The lowest BCUT2D eigenvalue weighted by atomic mass is 9.99. The Labute approximate surface area is 805 Å². The number of unbranched alkanes of at least 4 members (excludes halogenated alkanes) is 1. The number of nitrogens with zero attached hydrogens (tertiary/aromatic N) is 1. The van der Waals surface area contributed by atoms with E-state index in [1.54, 1.807) is 44.2 Å². The molecule has 0 aliphatic heterocycles. The van der Waals surface area contributed by atoms with Crippen molar-refractivity contribution in [2.75, 3.05) is 25.4 Å². The van der Waals surface area contributed by atoms with Crippen molar-refractivity contribution in [3.05, 3.63) is 54.1 Å². The second kappa shape index (κ2) is 62.1. The average Bonchev–Trinajstić information content (AvgIpc) is 1.74. The number of rotatable bonds is 67. The number of carbonyl (C=O) groups is 22. The molecule has 0 spiro atoms. The van der Waals surface area contributed by atoms with Crippen LogP contribution in [0.4, 0.5) is 0 Å². The van der Waals surface area contributed by atoms with Crippen molar-refractivity contribution < 1.29 is 141 Å². The minimum absolute atomic E-state index is 0.00174. The number of carbonyl (C=O) groups excluding carboxylic acids is 17. The molecule has 54 heteroatoms. The zero-order chi connectivity index (χ0) is 105. The topological polar surface area (TPSA) is 878 Å². The molecule has 0 aliphatic carbocycles. The number of primary amides is 1. The number of nitrogens with one attached hydrogen (secondary N) is 19. The molecule has 0 saturated carbocycles. The summed E-state index contributed by atoms with van der Waals surface area (Å²) in [4.78, 5) is 306. The Kier molecular flexibility index (Phi) is 54.2. The van der Waals surface area contributed by atoms with Crippen molar-refractivity contribution in [1.29, 1.82) is 5.41 Å². The molecule has 2 aromatic rings. The van der Waals surface area contributed by atoms with E-state index in [0.29, 0.717) is 5.56 Å². The van der Waals surface area contributed by atoms with Crippen LogP contribution in [-0.4, -0.2) is 316 Å². The number of aromatic nitrogens is 2. The summed E-state index contributed by atoms with van der Waals surface area (Å²) in [6.45, 7) is 13.8. The van der Waals surface area contributed by atoms with E-state index in [1.165, 1.54) is 67.9 Å². The highest BCUT2D eigenvalue weighted by molar-refractivity contribution is 7.80. The van der Waals surface area contributed by atoms with Crippen molar-refractivity contribution >= 4 is 149 Å². The maximum Gasteiger partial charge on any atom is 0.326 e. The van der Waals surface area contributed by atoms with E-state index in [-0.39, 0.29) is 63.7 Å². The average molecular weight is 1990 g/mol. The Bertz CT molecular complexity index is 4530. The van der Waals surface area contributed by atoms with Crippen molar-refractivity contribution in [3.63, 3.8) is 0 Å². The number of amides is 17. The molecular formula is C85H136N24O29S. The fraction of sp³-hybridized carbons (Fsp3) is 0.624. The van der Waals surface area contributed by atoms with Gasteiger partial charge in [0.15, 0.2) is 5.96 Å². The van der Waals surface area contributed by atoms with Gasteiger partial charge in [0.25, 0.3) is 0 Å². The molecule has 0 fully saturated rings. The van der Waals surface area contributed by atoms with Crippen LogP contribution in [0.25, 0.3) is 0 Å². The third-order valence-corrected chi connectivity index (χ3v) is 21.5. The number of hydrogen-bond acceptors (Lipinski definition) is 29. The van der Waals surface area contributed by atoms with Gasteiger partial charge < -0.3 is 154 Å². The van der Waals surface area contributed by atoms with E-state index in [1.807, 2.05) is 0 Å². The lowest BCUT2D eigenvalue weighted by Gasteiger charge is -2.30. The van der Waals surface area contributed by atoms with Crippen LogP contribution >= 0.6 is 12.6 Å². The fourth-order valence-corrected chi connectivity index (χ4v) is 13.6. The van der Waals surface area contributed by atoms with Gasteiger partial charge in [-0.3, -0.25) is 106 Å². The summed E-state index contributed by atoms with van der Waals surface area (Å²) in [5, 5.41) is 117. The third kappa shape index (κ3) is 45.8. The highest BCUT2D eigenvalue weighted by atomic mass is 32.1. The van der Waals surface area contributed by atoms with Crippen LogP contribution in [0.5, 0.6) is 0 Å². The number of aliphatic carboxylic acids is 5. The molecule has 0 unspecified atom stereocenters. The number of carboxylic acids is 5. The van der Waals surface area contributed by atoms with Crippen molar-refractivity contribution in [3.8, 4) is 0 Å². The molecule has 0 saturated heterocycles. The van der Waals surface area contributed by atoms with Crippen LogP contribution in [0.3, 0.4) is 0 Å². The van der Waals surface area contributed by atoms with E-state index in [2.05, 4.69) is 113 Å². The number of aliphatic hydroxyl groups excluding tert-OH is 2. The molecular weight excluding hydrogens is 1850 g/mol. The Balaban J connectivity index is 2.53. The molecule has 0 radical (unpaired) electrons. The number of imidazole rings is 1. The summed E-state index contributed by atoms with van der Waals surface area (Å²) in [5.74, 6) is -30.7. The molecule has 776 valence electrons. The monoisotopic (exact) mass is 1990 g/mol. The molecule has 34 N–H and O–H groups in total. The number of hydrogen-bond donors (Lipinski definition) is 31. The first-order valence-corrected chi connectivity index (χ1v) is 45.5. The first-order chi connectivity index (χ1) is 65.1. The minimum Gasteiger partial charge on any atom is -0.481 e. The van der Waals surface area contributed by atoms with Crippen LogP contribution in [0.1, 0.15) is 177 Å². The first kappa shape index (κ1) is 121. The zero-order valence-electron chi connectivity index (χ0n) is 78.9. The molecule has 1 heterocycles. The van der Waals surface area contributed by atoms with Crippen molar-refractivity contribution in [2.45, 2.75) is 287 Å². The highest BCUT2D eigenvalue weighted by Crippen LogP contribution is 2.17. The number of aromatic amines is 1. The van der Waals surface area contributed by atoms with Gasteiger partial charge in [-0.05, 0) is 114 Å². The number of nitrogens with two attached hydrogens (primary N) is 4. The predicted octanol–water partition coefficient (Wildman–Crippen LogP) is -8.57. The summed E-state index contributed by atoms with van der Waals surface area (Å²) < 4.78 is 0. The fourth-order valence-electron chi connectivity index (χ4n) is 13.4. The van der Waals surface area contributed by atoms with E-state index >= 15 is 0 Å². The number of guanidine groups is 1. The van der Waals surface area contributed by atoms with Crippen LogP contribution < -0.4 is 113 Å². The minimum atomic E-state index is -2.00. The van der Waals surface area contributed by atoms with E-state index in [9.17, 15) is 141 Å². The van der Waals surface area contributed by atoms with Crippen LogP contribution in [0, 0.1) is 29.1 Å². The Morgan fingerprint density at radius 1 is 0.403 bits per heavy atom. The van der Waals surface area contributed by atoms with Gasteiger partial charge in [-0.1, -0.05) is 85.7 Å². The van der Waals surface area contributed by atoms with Crippen LogP contribution in [0.15, 0.2) is 42.9 Å². The highest BCUT2D eigenvalue weighted by Gasteiger charge is 2.42. The SMILES string of the molecule is CC(C)C[C@H](NC(=O)[C@H](C)NC(=O)[C@H](CCC(N)=O)NC(=O)[C@@H](NC(=O)[C@H](Cc1ccccc1)NC(=O)[C@@H](NC(=O)[C@@H](N)CO)[C@@H](C)O)C(C)C)C(=O)N[C@H](C(=O)N[C@@H](CCC(=O)O)C(=O)N[C@@H](Cc1cnc[nH]1)C(=O)N[C@H](C(=O)N[C@@H](CCCCN)C(=O)N[C@@H](CCC(=O)O)C(=O)N[C@@H](CCC(=O)O)C(=O)N[C@@H](CS)C(=O)N[C@@H](CC(=O)O)C(=O)N[C@@H](CCCNC(=N)N)C(=O)O)C(C)C)C(C)C. The van der Waals surface area contributed by atoms with Gasteiger partial charge in [-0.2, -0.15) is 12.6 Å². The number of carboxylic acid groups (broad SMARTS) is 5. The van der Waals surface area contributed by atoms with Gasteiger partial charge in [0, 0.05) is 62.7 Å². The molecule has 0 bridgehead atoms. The molecule has 18 atom stereocenters. The second-order valence-corrected chi connectivity index (χ2v) is 34.8. The molecule has 17 amide bonds. The largest absolute Gasteiger partial charge is 0.481 e. The standard InChI is InChI=1S/C85H136N24O29S/c1-39(2)31-54(101-68(121)43(9)94-70(123)49(21-25-59(88)112)98-81(134)66(42(7)8)107-77(130)55(32-45-17-12-11-13-18-45)104-83(136)67(44(10)111)109-69(122)47(87)36-110)76(129)106-65(41(5)6)82(135)99-52(24-28-62(117)118)73(126)102-56(33-46-35-91-38-93-46)78(131)108-64(40(3)4)80(133)97-48(19-14-15-29-86)71(124)95-50(22-26-60(113)114)72(125)96-51(23-27-61(115)116)74(127)105-58(37-139)79(132)103-57(34-63(119)120)75(128)100-53(84(137)138)20-16-30-92-85(89)90/h11-13,17-18,35,38-44,47-58,64-67,110-111,139H,14-16,19-34,36-37,86-87H2,1-10H3,(H2,88,112)(H,91,93)(H,94,123)(H,95,124)(H,96,125)(H,97,133)(H,98,134)(H,99,135)(H,100,128)(H,101,121)(H,102,126)(H,103,132)(H,104,136)(H,105,127)(H,106,129)(H,107,130)(H,108,131)(H,109,122)(H,113,114)(H,115,116)(H,117,118)(H,119,120)(H,137,138)(H4,89,90,92)/t43-,44+,47-,48-,49-,50-,51-,52-,53-,54-,55-,56-,57-,58-,64-,65-,66-,67-/m0/s1. The Hall–Kier alpha value is -13.8. The summed E-state index contributed by atoms with van der Waals surface area (Å²) in [5.41, 5.74) is 22.8. The van der Waals surface area contributed by atoms with E-state index < -0.39 is 345 Å². The predicted molar refractivity (Wildman–Crippen MR) is 495 cm³/mol. The van der Waals surface area contributed by atoms with Gasteiger partial charge in [0.05, 0.1) is 25.5 Å². The van der Waals surface area contributed by atoms with Gasteiger partial charge in [0.1, 0.15) is 103 Å². The van der Waals surface area contributed by atoms with E-state index in [0.717, 1.165) is 0 Å². The molecule has 1 aromatic carbocycles. The number of thiol groups is 1. The first-order valence-electron chi connectivity index (χ1n) is 44.8. The Morgan fingerprint density at radius 3 is 1.16 bits per heavy atom. The lowest BCUT2D eigenvalue weighted by molar-refractivity contribution is -0.144. The summed E-state index contributed by atoms with van der Waals surface area (Å²) >= 11 is 4.08. The van der Waals surface area contributed by atoms with Crippen LogP contribution in [0.2, 0.25) is 0 Å². The summed E-state index contributed by atoms with van der Waals surface area (Å²) in [6.07, 6.45) is -6.96. The second-order valence-electron chi connectivity index (χ2n) is 34.4. The van der Waals surface area contributed by atoms with Gasteiger partial charge in [0.2, 0.25) is 100 Å². The van der Waals surface area contributed by atoms with Crippen molar-refractivity contribution in [1.82, 2.24) is 100 Å². The Morgan fingerprint density at radius 2 is 0.763 bits per heavy atom. The molecule has 0 aliphatic rings. The normalized spacial score (nSPS) is 15.1. The van der Waals surface area contributed by atoms with Crippen molar-refractivity contribution in [2.24, 2.45) is 46.6 Å². The molecule has 53 nitrogen and oxygen atoms in total. The smallest absolute Gasteiger partial charge is 0.326 e. The molecule has 139 heavy (non-hydrogen) atoms. The number of H-pyrrole nitrogens is 1. The summed E-state index contributed by atoms with van der Waals surface area (Å²) in [7, 11) is 0. The number of benzene rings is 1. The van der Waals surface area contributed by atoms with Crippen LogP contribution in [-0.2, 0) is 118 Å². The maximum absolute atomic E-state index is 14.8. The molecule has 1 aromatic heterocycles. The quantitative estimate of drug-likeness (QED) is 0.0127. The number of aliphatic hydroxyl groups is 2. The van der Waals surface area contributed by atoms with Gasteiger partial charge in [-0.25, -0.2) is 9.78 Å². The molecule has 2 rings (SSSR count). The zero-order valence-corrected chi connectivity index (χ0v) is 79.8. The third-order valence-electron chi connectivity index (χ3n) is 21.1. The lowest BCUT2D eigenvalue weighted by Crippen LogP contribution is -2.62. The van der Waals surface area contributed by atoms with Gasteiger partial charge in [-0.15, -0.1) is 0 Å². The van der Waals surface area contributed by atoms with E-state index in [4.69, 9.17) is 28.3 Å².